The van der Waals surface area contributed by atoms with Gasteiger partial charge in [-0.05, 0) is 24.3 Å². The molecule has 0 fully saturated rings. The summed E-state index contributed by atoms with van der Waals surface area (Å²) < 4.78 is 5.53. The van der Waals surface area contributed by atoms with Crippen LogP contribution in [0.1, 0.15) is 10.4 Å². The summed E-state index contributed by atoms with van der Waals surface area (Å²) in [5.41, 5.74) is 7.38. The van der Waals surface area contributed by atoms with Gasteiger partial charge in [-0.25, -0.2) is 0 Å². The first kappa shape index (κ1) is 10.2. The van der Waals surface area contributed by atoms with E-state index in [1.807, 2.05) is 18.2 Å². The minimum absolute atomic E-state index is 0.270. The summed E-state index contributed by atoms with van der Waals surface area (Å²) in [4.78, 5) is 11.0. The average molecular weight is 212 g/mol. The predicted octanol–water partition coefficient (Wildman–Crippen LogP) is 2.90. The van der Waals surface area contributed by atoms with Gasteiger partial charge < -0.3 is 4.74 Å². The van der Waals surface area contributed by atoms with Gasteiger partial charge in [0.05, 0.1) is 5.56 Å². The minimum Gasteiger partial charge on any atom is -0.457 e. The fourth-order valence-electron chi connectivity index (χ4n) is 1.36. The lowest BCUT2D eigenvalue weighted by atomic mass is 10.2. The van der Waals surface area contributed by atoms with Crippen molar-refractivity contribution in [2.75, 3.05) is 0 Å². The van der Waals surface area contributed by atoms with Gasteiger partial charge in [0, 0.05) is 0 Å². The number of ether oxygens (including phenoxy) is 1. The fraction of sp³-hybridized carbons (Fsp3) is 0. The minimum atomic E-state index is -0.744. The van der Waals surface area contributed by atoms with Crippen molar-refractivity contribution in [2.45, 2.75) is 0 Å². The second-order valence-electron chi connectivity index (χ2n) is 3.24. The molecular weight excluding hydrogens is 202 g/mol. The van der Waals surface area contributed by atoms with E-state index in [1.165, 1.54) is 0 Å². The number of hydrogen-bond donors (Lipinski definition) is 0. The Morgan fingerprint density at radius 2 is 1.56 bits per heavy atom. The van der Waals surface area contributed by atoms with Crippen LogP contribution in [0.5, 0.6) is 11.5 Å². The van der Waals surface area contributed by atoms with Crippen molar-refractivity contribution in [3.63, 3.8) is 0 Å². The highest BCUT2D eigenvalue weighted by atomic mass is 16.5. The largest absolute Gasteiger partial charge is 0.457 e. The van der Waals surface area contributed by atoms with Gasteiger partial charge in [-0.2, -0.15) is 0 Å². The molecule has 1 amide bonds. The third-order valence-corrected chi connectivity index (χ3v) is 2.10. The van der Waals surface area contributed by atoms with Crippen LogP contribution in [0, 0.1) is 0 Å². The van der Waals surface area contributed by atoms with Gasteiger partial charge in [-0.15, -0.1) is 0 Å². The van der Waals surface area contributed by atoms with Crippen LogP contribution in [0.4, 0.5) is 0 Å². The molecule has 0 aliphatic carbocycles. The summed E-state index contributed by atoms with van der Waals surface area (Å²) in [6.45, 7) is 0. The molecule has 0 heterocycles. The standard InChI is InChI=1S/C13H10NO2/c14-13(15)11-8-4-5-9-12(11)16-10-6-2-1-3-7-10/h1-9,14H. The summed E-state index contributed by atoms with van der Waals surface area (Å²) in [6.07, 6.45) is 0. The van der Waals surface area contributed by atoms with Crippen molar-refractivity contribution in [3.8, 4) is 11.5 Å². The SMILES string of the molecule is [NH]C(=O)c1ccccc1Oc1ccccc1. The van der Waals surface area contributed by atoms with Crippen molar-refractivity contribution in [3.05, 3.63) is 60.2 Å². The van der Waals surface area contributed by atoms with Crippen LogP contribution in [-0.4, -0.2) is 5.91 Å². The van der Waals surface area contributed by atoms with Crippen LogP contribution in [0.3, 0.4) is 0 Å². The number of carbonyl (C=O) groups is 1. The van der Waals surface area contributed by atoms with Gasteiger partial charge in [-0.1, -0.05) is 30.3 Å². The van der Waals surface area contributed by atoms with Crippen molar-refractivity contribution in [1.82, 2.24) is 5.73 Å². The van der Waals surface area contributed by atoms with Crippen molar-refractivity contribution >= 4 is 5.91 Å². The van der Waals surface area contributed by atoms with E-state index in [1.54, 1.807) is 36.4 Å². The van der Waals surface area contributed by atoms with Gasteiger partial charge >= 0.3 is 0 Å². The van der Waals surface area contributed by atoms with E-state index in [4.69, 9.17) is 10.5 Å². The number of carbonyl (C=O) groups excluding carboxylic acids is 1. The molecule has 79 valence electrons. The molecule has 3 heteroatoms. The molecule has 16 heavy (non-hydrogen) atoms. The fourth-order valence-corrected chi connectivity index (χ4v) is 1.36. The summed E-state index contributed by atoms with van der Waals surface area (Å²) in [6, 6.07) is 15.9. The summed E-state index contributed by atoms with van der Waals surface area (Å²) >= 11 is 0. The smallest absolute Gasteiger partial charge is 0.273 e. The maximum atomic E-state index is 11.0. The molecule has 3 nitrogen and oxygen atoms in total. The topological polar surface area (TPSA) is 50.1 Å². The lowest BCUT2D eigenvalue weighted by molar-refractivity contribution is 0.0990. The van der Waals surface area contributed by atoms with E-state index in [0.29, 0.717) is 11.5 Å². The monoisotopic (exact) mass is 212 g/mol. The molecule has 0 saturated heterocycles. The van der Waals surface area contributed by atoms with Crippen LogP contribution in [0.15, 0.2) is 54.6 Å². The Kier molecular flexibility index (Phi) is 2.87. The van der Waals surface area contributed by atoms with Crippen LogP contribution in [0.25, 0.3) is 0 Å². The summed E-state index contributed by atoms with van der Waals surface area (Å²) in [5, 5.41) is 0. The number of rotatable bonds is 3. The molecule has 0 aliphatic heterocycles. The Morgan fingerprint density at radius 1 is 0.938 bits per heavy atom. The van der Waals surface area contributed by atoms with E-state index in [9.17, 15) is 4.79 Å². The zero-order valence-electron chi connectivity index (χ0n) is 8.51. The maximum Gasteiger partial charge on any atom is 0.273 e. The zero-order valence-corrected chi connectivity index (χ0v) is 8.51. The highest BCUT2D eigenvalue weighted by molar-refractivity contribution is 5.95. The maximum absolute atomic E-state index is 11.0. The lowest BCUT2D eigenvalue weighted by Crippen LogP contribution is -2.01. The third kappa shape index (κ3) is 2.20. The molecule has 0 atom stereocenters. The van der Waals surface area contributed by atoms with Crippen LogP contribution in [0.2, 0.25) is 0 Å². The van der Waals surface area contributed by atoms with E-state index >= 15 is 0 Å². The average Bonchev–Trinajstić information content (AvgIpc) is 2.31. The second-order valence-corrected chi connectivity index (χ2v) is 3.24. The van der Waals surface area contributed by atoms with Gasteiger partial charge in [0.2, 0.25) is 0 Å². The molecule has 0 unspecified atom stereocenters. The highest BCUT2D eigenvalue weighted by Gasteiger charge is 2.09. The quantitative estimate of drug-likeness (QED) is 0.785. The molecule has 2 rings (SSSR count). The van der Waals surface area contributed by atoms with Gasteiger partial charge in [0.1, 0.15) is 11.5 Å². The molecular formula is C13H10NO2. The molecule has 0 saturated carbocycles. The first-order valence-electron chi connectivity index (χ1n) is 4.85. The molecule has 0 spiro atoms. The van der Waals surface area contributed by atoms with E-state index in [0.717, 1.165) is 0 Å². The Balaban J connectivity index is 2.31. The third-order valence-electron chi connectivity index (χ3n) is 2.10. The number of para-hydroxylation sites is 2. The van der Waals surface area contributed by atoms with Crippen molar-refractivity contribution in [2.24, 2.45) is 0 Å². The van der Waals surface area contributed by atoms with Crippen LogP contribution >= 0.6 is 0 Å². The molecule has 2 aromatic carbocycles. The van der Waals surface area contributed by atoms with Crippen molar-refractivity contribution < 1.29 is 9.53 Å². The van der Waals surface area contributed by atoms with Gasteiger partial charge in [-0.3, -0.25) is 10.5 Å². The predicted molar refractivity (Wildman–Crippen MR) is 60.4 cm³/mol. The first-order chi connectivity index (χ1) is 7.77. The first-order valence-corrected chi connectivity index (χ1v) is 4.85. The van der Waals surface area contributed by atoms with E-state index in [-0.39, 0.29) is 5.56 Å². The molecule has 2 aromatic rings. The van der Waals surface area contributed by atoms with Gasteiger partial charge in [0.25, 0.3) is 5.91 Å². The zero-order chi connectivity index (χ0) is 11.4. The van der Waals surface area contributed by atoms with Gasteiger partial charge in [0.15, 0.2) is 0 Å². The summed E-state index contributed by atoms with van der Waals surface area (Å²) in [5.74, 6) is 0.316. The Bertz CT molecular complexity index is 494. The van der Waals surface area contributed by atoms with Crippen LogP contribution in [-0.2, 0) is 0 Å². The number of nitrogens with one attached hydrogen (secondary N) is 1. The molecule has 1 radical (unpaired) electrons. The lowest BCUT2D eigenvalue weighted by Gasteiger charge is -2.07. The number of amides is 1. The summed E-state index contributed by atoms with van der Waals surface area (Å²) in [7, 11) is 0. The number of benzene rings is 2. The van der Waals surface area contributed by atoms with E-state index < -0.39 is 5.91 Å². The highest BCUT2D eigenvalue weighted by Crippen LogP contribution is 2.24. The van der Waals surface area contributed by atoms with Crippen LogP contribution < -0.4 is 10.5 Å². The second kappa shape index (κ2) is 4.49. The van der Waals surface area contributed by atoms with Crippen molar-refractivity contribution in [1.29, 1.82) is 0 Å². The Labute approximate surface area is 93.5 Å². The molecule has 1 N–H and O–H groups in total. The molecule has 0 aliphatic rings. The Hall–Kier alpha value is -2.29. The normalized spacial score (nSPS) is 9.75. The Morgan fingerprint density at radius 3 is 2.25 bits per heavy atom. The van der Waals surface area contributed by atoms with E-state index in [2.05, 4.69) is 0 Å². The molecule has 0 bridgehead atoms. The number of hydrogen-bond acceptors (Lipinski definition) is 2. The molecule has 0 aromatic heterocycles.